The van der Waals surface area contributed by atoms with Crippen molar-refractivity contribution in [2.24, 2.45) is 14.1 Å². The van der Waals surface area contributed by atoms with Crippen molar-refractivity contribution in [1.29, 1.82) is 0 Å². The van der Waals surface area contributed by atoms with Crippen LogP contribution in [0.25, 0.3) is 0 Å². The minimum Gasteiger partial charge on any atom is -0.394 e. The minimum absolute atomic E-state index is 0.240. The summed E-state index contributed by atoms with van der Waals surface area (Å²) in [7, 11) is 3.52. The Hall–Kier alpha value is -2.31. The number of carbonyl (C=O) groups excluding carboxylic acids is 1. The van der Waals surface area contributed by atoms with Gasteiger partial charge in [0.05, 0.1) is 23.1 Å². The molecule has 0 aliphatic rings. The fraction of sp³-hybridized carbons (Fsp3) is 0.364. The molecule has 0 saturated heterocycles. The predicted molar refractivity (Wildman–Crippen MR) is 68.3 cm³/mol. The number of nitrogens with two attached hydrogens (primary N) is 1. The molecule has 1 amide bonds. The van der Waals surface area contributed by atoms with Crippen LogP contribution in [0.1, 0.15) is 21.7 Å². The van der Waals surface area contributed by atoms with E-state index >= 15 is 0 Å². The van der Waals surface area contributed by atoms with E-state index in [1.807, 2.05) is 6.92 Å². The van der Waals surface area contributed by atoms with E-state index < -0.39 is 0 Å². The zero-order valence-electron chi connectivity index (χ0n) is 10.9. The summed E-state index contributed by atoms with van der Waals surface area (Å²) in [4.78, 5) is 12.1. The second-order valence-electron chi connectivity index (χ2n) is 4.19. The van der Waals surface area contributed by atoms with Crippen molar-refractivity contribution >= 4 is 17.4 Å². The van der Waals surface area contributed by atoms with E-state index in [0.29, 0.717) is 22.8 Å². The Labute approximate surface area is 105 Å². The smallest absolute Gasteiger partial charge is 0.260 e. The van der Waals surface area contributed by atoms with Gasteiger partial charge in [0.25, 0.3) is 5.91 Å². The van der Waals surface area contributed by atoms with Crippen LogP contribution in [-0.2, 0) is 14.1 Å². The number of carbonyl (C=O) groups is 1. The Bertz CT molecular complexity index is 609. The molecule has 0 fully saturated rings. The van der Waals surface area contributed by atoms with Gasteiger partial charge in [0.1, 0.15) is 0 Å². The van der Waals surface area contributed by atoms with Crippen LogP contribution < -0.4 is 11.1 Å². The van der Waals surface area contributed by atoms with Gasteiger partial charge < -0.3 is 11.1 Å². The van der Waals surface area contributed by atoms with E-state index in [1.54, 1.807) is 30.4 Å². The summed E-state index contributed by atoms with van der Waals surface area (Å²) in [6.45, 7) is 3.63. The van der Waals surface area contributed by atoms with Crippen LogP contribution in [0.15, 0.2) is 6.20 Å². The number of anilines is 2. The molecule has 0 unspecified atom stereocenters. The van der Waals surface area contributed by atoms with Crippen LogP contribution in [0, 0.1) is 13.8 Å². The van der Waals surface area contributed by atoms with Crippen molar-refractivity contribution in [3.8, 4) is 0 Å². The van der Waals surface area contributed by atoms with Gasteiger partial charge in [-0.15, -0.1) is 0 Å². The lowest BCUT2D eigenvalue weighted by molar-refractivity contribution is 0.102. The molecular weight excluding hydrogens is 232 g/mol. The van der Waals surface area contributed by atoms with Gasteiger partial charge in [-0.3, -0.25) is 14.2 Å². The van der Waals surface area contributed by atoms with Crippen molar-refractivity contribution < 1.29 is 4.79 Å². The molecule has 0 radical (unpaired) electrons. The van der Waals surface area contributed by atoms with Crippen molar-refractivity contribution in [3.05, 3.63) is 23.1 Å². The van der Waals surface area contributed by atoms with E-state index in [0.717, 1.165) is 5.69 Å². The molecular formula is C11H16N6O. The minimum atomic E-state index is -0.240. The van der Waals surface area contributed by atoms with Crippen molar-refractivity contribution in [2.45, 2.75) is 13.8 Å². The Balaban J connectivity index is 2.30. The standard InChI is InChI=1S/C11H16N6O/c1-6-9(12)10(17(4)15-6)14-11(18)8-5-13-16(3)7(8)2/h5H,12H2,1-4H3,(H,14,18). The van der Waals surface area contributed by atoms with Gasteiger partial charge in [-0.25, -0.2) is 0 Å². The quantitative estimate of drug-likeness (QED) is 0.814. The predicted octanol–water partition coefficient (Wildman–Crippen LogP) is 0.605. The monoisotopic (exact) mass is 248 g/mol. The molecule has 2 aromatic rings. The average Bonchev–Trinajstić information content (AvgIpc) is 2.75. The largest absolute Gasteiger partial charge is 0.394 e. The van der Waals surface area contributed by atoms with Crippen molar-refractivity contribution in [2.75, 3.05) is 11.1 Å². The van der Waals surface area contributed by atoms with Crippen LogP contribution in [0.5, 0.6) is 0 Å². The number of amides is 1. The molecule has 0 aromatic carbocycles. The highest BCUT2D eigenvalue weighted by atomic mass is 16.1. The zero-order valence-corrected chi connectivity index (χ0v) is 10.9. The van der Waals surface area contributed by atoms with Crippen molar-refractivity contribution in [1.82, 2.24) is 19.6 Å². The third-order valence-corrected chi connectivity index (χ3v) is 2.98. The number of hydrogen-bond donors (Lipinski definition) is 2. The summed E-state index contributed by atoms with van der Waals surface area (Å²) in [6.07, 6.45) is 1.53. The topological polar surface area (TPSA) is 90.8 Å². The number of nitrogens with zero attached hydrogens (tertiary/aromatic N) is 4. The number of rotatable bonds is 2. The van der Waals surface area contributed by atoms with Gasteiger partial charge in [-0.05, 0) is 13.8 Å². The number of aromatic nitrogens is 4. The molecule has 7 heteroatoms. The SMILES string of the molecule is Cc1nn(C)c(NC(=O)c2cnn(C)c2C)c1N. The van der Waals surface area contributed by atoms with E-state index in [4.69, 9.17) is 5.73 Å². The fourth-order valence-corrected chi connectivity index (χ4v) is 1.72. The van der Waals surface area contributed by atoms with Gasteiger partial charge in [-0.2, -0.15) is 10.2 Å². The van der Waals surface area contributed by atoms with Gasteiger partial charge in [0.2, 0.25) is 0 Å². The van der Waals surface area contributed by atoms with E-state index in [9.17, 15) is 4.79 Å². The average molecular weight is 248 g/mol. The third kappa shape index (κ3) is 1.83. The highest BCUT2D eigenvalue weighted by Gasteiger charge is 2.17. The summed E-state index contributed by atoms with van der Waals surface area (Å²) in [5.74, 6) is 0.260. The molecule has 3 N–H and O–H groups in total. The molecule has 0 spiro atoms. The molecule has 2 aromatic heterocycles. The van der Waals surface area contributed by atoms with Gasteiger partial charge in [-0.1, -0.05) is 0 Å². The molecule has 18 heavy (non-hydrogen) atoms. The van der Waals surface area contributed by atoms with Crippen LogP contribution in [0.4, 0.5) is 11.5 Å². The number of nitrogen functional groups attached to an aromatic ring is 1. The highest BCUT2D eigenvalue weighted by Crippen LogP contribution is 2.21. The molecule has 7 nitrogen and oxygen atoms in total. The van der Waals surface area contributed by atoms with Crippen molar-refractivity contribution in [3.63, 3.8) is 0 Å². The zero-order chi connectivity index (χ0) is 13.4. The molecule has 2 heterocycles. The Morgan fingerprint density at radius 1 is 1.33 bits per heavy atom. The normalized spacial score (nSPS) is 10.7. The maximum absolute atomic E-state index is 12.1. The summed E-state index contributed by atoms with van der Waals surface area (Å²) >= 11 is 0. The summed E-state index contributed by atoms with van der Waals surface area (Å²) in [6, 6.07) is 0. The van der Waals surface area contributed by atoms with E-state index in [1.165, 1.54) is 6.20 Å². The van der Waals surface area contributed by atoms with Crippen LogP contribution in [-0.4, -0.2) is 25.5 Å². The number of hydrogen-bond acceptors (Lipinski definition) is 4. The van der Waals surface area contributed by atoms with Gasteiger partial charge in [0, 0.05) is 19.8 Å². The molecule has 0 atom stereocenters. The molecule has 0 saturated carbocycles. The first-order valence-corrected chi connectivity index (χ1v) is 5.50. The van der Waals surface area contributed by atoms with E-state index in [-0.39, 0.29) is 5.91 Å². The lowest BCUT2D eigenvalue weighted by Crippen LogP contribution is -2.16. The number of nitrogens with one attached hydrogen (secondary N) is 1. The number of aryl methyl sites for hydroxylation is 3. The maximum atomic E-state index is 12.1. The maximum Gasteiger partial charge on any atom is 0.260 e. The first-order valence-electron chi connectivity index (χ1n) is 5.50. The second-order valence-corrected chi connectivity index (χ2v) is 4.19. The summed E-state index contributed by atoms with van der Waals surface area (Å²) in [5, 5.41) is 10.9. The Kier molecular flexibility index (Phi) is 2.82. The third-order valence-electron chi connectivity index (χ3n) is 2.98. The first kappa shape index (κ1) is 12.2. The van der Waals surface area contributed by atoms with Crippen LogP contribution in [0.2, 0.25) is 0 Å². The summed E-state index contributed by atoms with van der Waals surface area (Å²) in [5.41, 5.74) is 8.34. The van der Waals surface area contributed by atoms with Crippen LogP contribution >= 0.6 is 0 Å². The fourth-order valence-electron chi connectivity index (χ4n) is 1.72. The lowest BCUT2D eigenvalue weighted by atomic mass is 10.2. The molecule has 96 valence electrons. The molecule has 0 aliphatic carbocycles. The first-order chi connectivity index (χ1) is 8.41. The Morgan fingerprint density at radius 2 is 2.00 bits per heavy atom. The van der Waals surface area contributed by atoms with Crippen LogP contribution in [0.3, 0.4) is 0 Å². The second kappa shape index (κ2) is 4.17. The Morgan fingerprint density at radius 3 is 2.44 bits per heavy atom. The lowest BCUT2D eigenvalue weighted by Gasteiger charge is -2.06. The summed E-state index contributed by atoms with van der Waals surface area (Å²) < 4.78 is 3.20. The highest BCUT2D eigenvalue weighted by molar-refractivity contribution is 6.05. The van der Waals surface area contributed by atoms with Gasteiger partial charge in [0.15, 0.2) is 5.82 Å². The van der Waals surface area contributed by atoms with Gasteiger partial charge >= 0.3 is 0 Å². The molecule has 0 aliphatic heterocycles. The van der Waals surface area contributed by atoms with E-state index in [2.05, 4.69) is 15.5 Å². The molecule has 0 bridgehead atoms. The molecule has 2 rings (SSSR count).